The van der Waals surface area contributed by atoms with Gasteiger partial charge < -0.3 is 4.98 Å². The van der Waals surface area contributed by atoms with E-state index in [2.05, 4.69) is 9.97 Å². The van der Waals surface area contributed by atoms with Gasteiger partial charge in [-0.1, -0.05) is 23.7 Å². The van der Waals surface area contributed by atoms with Crippen LogP contribution in [0.5, 0.6) is 0 Å². The quantitative estimate of drug-likeness (QED) is 0.740. The Balaban J connectivity index is 2.14. The van der Waals surface area contributed by atoms with Crippen molar-refractivity contribution in [1.82, 2.24) is 14.5 Å². The molecule has 0 aliphatic carbocycles. The molecule has 1 aromatic carbocycles. The molecule has 3 rings (SSSR count). The number of halogens is 1. The van der Waals surface area contributed by atoms with Crippen molar-refractivity contribution in [3.8, 4) is 0 Å². The summed E-state index contributed by atoms with van der Waals surface area (Å²) in [7, 11) is 0. The molecular formula is C14H10ClN3OS. The number of aromatic amines is 1. The lowest BCUT2D eigenvalue weighted by atomic mass is 10.2. The molecule has 100 valence electrons. The Bertz CT molecular complexity index is 883. The minimum absolute atomic E-state index is 0.146. The van der Waals surface area contributed by atoms with Crippen molar-refractivity contribution in [2.24, 2.45) is 0 Å². The number of hydrogen-bond acceptors (Lipinski definition) is 3. The van der Waals surface area contributed by atoms with Crippen LogP contribution in [-0.4, -0.2) is 14.5 Å². The van der Waals surface area contributed by atoms with E-state index < -0.39 is 0 Å². The standard InChI is InChI=1S/C14H10ClN3OS/c15-10-5-3-9(4-6-10)8-18-13(19)11-2-1-7-16-12(11)17-14(18)20/h1-7H,8H2,(H,16,17,20). The zero-order valence-corrected chi connectivity index (χ0v) is 11.9. The van der Waals surface area contributed by atoms with Gasteiger partial charge in [0.15, 0.2) is 4.77 Å². The second-order valence-corrected chi connectivity index (χ2v) is 5.17. The lowest BCUT2D eigenvalue weighted by Crippen LogP contribution is -2.23. The highest BCUT2D eigenvalue weighted by Crippen LogP contribution is 2.11. The molecule has 2 heterocycles. The molecule has 0 amide bonds. The number of aromatic nitrogens is 3. The van der Waals surface area contributed by atoms with E-state index in [1.165, 1.54) is 4.57 Å². The summed E-state index contributed by atoms with van der Waals surface area (Å²) < 4.78 is 1.87. The van der Waals surface area contributed by atoms with Gasteiger partial charge in [-0.25, -0.2) is 4.98 Å². The van der Waals surface area contributed by atoms with Crippen LogP contribution in [0.4, 0.5) is 0 Å². The van der Waals surface area contributed by atoms with Crippen molar-refractivity contribution >= 4 is 34.9 Å². The summed E-state index contributed by atoms with van der Waals surface area (Å²) in [5.74, 6) is 0. The van der Waals surface area contributed by atoms with Crippen molar-refractivity contribution in [3.63, 3.8) is 0 Å². The molecular weight excluding hydrogens is 294 g/mol. The van der Waals surface area contributed by atoms with Gasteiger partial charge in [-0.05, 0) is 42.0 Å². The van der Waals surface area contributed by atoms with E-state index in [-0.39, 0.29) is 5.56 Å². The summed E-state index contributed by atoms with van der Waals surface area (Å²) in [5.41, 5.74) is 1.32. The Morgan fingerprint density at radius 3 is 2.75 bits per heavy atom. The van der Waals surface area contributed by atoms with Crippen LogP contribution < -0.4 is 5.56 Å². The maximum Gasteiger partial charge on any atom is 0.264 e. The first-order valence-electron chi connectivity index (χ1n) is 5.97. The number of benzene rings is 1. The monoisotopic (exact) mass is 303 g/mol. The topological polar surface area (TPSA) is 50.7 Å². The number of pyridine rings is 1. The summed E-state index contributed by atoms with van der Waals surface area (Å²) in [6, 6.07) is 10.8. The van der Waals surface area contributed by atoms with Gasteiger partial charge in [0, 0.05) is 11.2 Å². The lowest BCUT2D eigenvalue weighted by molar-refractivity contribution is 0.733. The number of nitrogens with one attached hydrogen (secondary N) is 1. The van der Waals surface area contributed by atoms with Crippen molar-refractivity contribution in [2.75, 3.05) is 0 Å². The Hall–Kier alpha value is -1.98. The smallest absolute Gasteiger partial charge is 0.264 e. The fourth-order valence-electron chi connectivity index (χ4n) is 2.00. The average molecular weight is 304 g/mol. The van der Waals surface area contributed by atoms with E-state index in [0.29, 0.717) is 27.4 Å². The third kappa shape index (κ3) is 2.37. The SMILES string of the molecule is O=c1c2cccnc2[nH]c(=S)n1Cc1ccc(Cl)cc1. The second kappa shape index (κ2) is 5.19. The van der Waals surface area contributed by atoms with Crippen LogP contribution in [0.15, 0.2) is 47.4 Å². The molecule has 2 aromatic heterocycles. The Labute approximate surface area is 124 Å². The lowest BCUT2D eigenvalue weighted by Gasteiger charge is -2.07. The van der Waals surface area contributed by atoms with Crippen LogP contribution in [0, 0.1) is 4.77 Å². The Morgan fingerprint density at radius 2 is 2.00 bits per heavy atom. The number of fused-ring (bicyclic) bond motifs is 1. The minimum Gasteiger partial charge on any atom is -0.316 e. The molecule has 0 saturated carbocycles. The largest absolute Gasteiger partial charge is 0.316 e. The zero-order valence-electron chi connectivity index (χ0n) is 10.3. The molecule has 0 aliphatic rings. The predicted octanol–water partition coefficient (Wildman–Crippen LogP) is 3.16. The van der Waals surface area contributed by atoms with Gasteiger partial charge in [-0.3, -0.25) is 9.36 Å². The van der Waals surface area contributed by atoms with Gasteiger partial charge in [0.25, 0.3) is 5.56 Å². The Kier molecular flexibility index (Phi) is 3.38. The molecule has 20 heavy (non-hydrogen) atoms. The van der Waals surface area contributed by atoms with Crippen molar-refractivity contribution < 1.29 is 0 Å². The summed E-state index contributed by atoms with van der Waals surface area (Å²) >= 11 is 11.1. The normalized spacial score (nSPS) is 10.8. The minimum atomic E-state index is -0.146. The molecule has 0 saturated heterocycles. The van der Waals surface area contributed by atoms with Crippen molar-refractivity contribution in [2.45, 2.75) is 6.54 Å². The highest BCUT2D eigenvalue weighted by atomic mass is 35.5. The zero-order chi connectivity index (χ0) is 14.1. The Morgan fingerprint density at radius 1 is 1.25 bits per heavy atom. The second-order valence-electron chi connectivity index (χ2n) is 4.35. The van der Waals surface area contributed by atoms with Crippen LogP contribution in [0.25, 0.3) is 11.0 Å². The van der Waals surface area contributed by atoms with Gasteiger partial charge in [0.05, 0.1) is 11.9 Å². The van der Waals surface area contributed by atoms with E-state index in [9.17, 15) is 4.79 Å². The van der Waals surface area contributed by atoms with Gasteiger partial charge >= 0.3 is 0 Å². The summed E-state index contributed by atoms with van der Waals surface area (Å²) in [4.78, 5) is 19.5. The van der Waals surface area contributed by atoms with Crippen LogP contribution >= 0.6 is 23.8 Å². The predicted molar refractivity (Wildman–Crippen MR) is 81.7 cm³/mol. The van der Waals surface area contributed by atoms with Crippen LogP contribution in [0.3, 0.4) is 0 Å². The molecule has 0 atom stereocenters. The van der Waals surface area contributed by atoms with E-state index in [1.807, 2.05) is 12.1 Å². The summed E-state index contributed by atoms with van der Waals surface area (Å²) in [6.45, 7) is 0.399. The average Bonchev–Trinajstić information content (AvgIpc) is 2.45. The van der Waals surface area contributed by atoms with E-state index in [0.717, 1.165) is 5.56 Å². The van der Waals surface area contributed by atoms with E-state index in [1.54, 1.807) is 30.5 Å². The maximum absolute atomic E-state index is 12.4. The third-order valence-corrected chi connectivity index (χ3v) is 3.58. The molecule has 0 unspecified atom stereocenters. The molecule has 6 heteroatoms. The van der Waals surface area contributed by atoms with Crippen molar-refractivity contribution in [3.05, 3.63) is 68.3 Å². The first-order chi connectivity index (χ1) is 9.65. The summed E-state index contributed by atoms with van der Waals surface area (Å²) in [6.07, 6.45) is 1.62. The molecule has 0 radical (unpaired) electrons. The first-order valence-corrected chi connectivity index (χ1v) is 6.76. The first kappa shape index (κ1) is 13.0. The van der Waals surface area contributed by atoms with Crippen LogP contribution in [-0.2, 0) is 6.54 Å². The van der Waals surface area contributed by atoms with Gasteiger partial charge in [-0.15, -0.1) is 0 Å². The third-order valence-electron chi connectivity index (χ3n) is 3.01. The number of H-pyrrole nitrogens is 1. The molecule has 0 bridgehead atoms. The molecule has 0 spiro atoms. The van der Waals surface area contributed by atoms with Gasteiger partial charge in [0.1, 0.15) is 5.65 Å². The molecule has 0 fully saturated rings. The highest BCUT2D eigenvalue weighted by Gasteiger charge is 2.06. The molecule has 0 aliphatic heterocycles. The van der Waals surface area contributed by atoms with E-state index in [4.69, 9.17) is 23.8 Å². The van der Waals surface area contributed by atoms with Crippen LogP contribution in [0.2, 0.25) is 5.02 Å². The fourth-order valence-corrected chi connectivity index (χ4v) is 2.37. The number of rotatable bonds is 2. The number of nitrogens with zero attached hydrogens (tertiary/aromatic N) is 2. The highest BCUT2D eigenvalue weighted by molar-refractivity contribution is 7.71. The maximum atomic E-state index is 12.4. The van der Waals surface area contributed by atoms with Gasteiger partial charge in [0.2, 0.25) is 0 Å². The fraction of sp³-hybridized carbons (Fsp3) is 0.0714. The van der Waals surface area contributed by atoms with Crippen molar-refractivity contribution in [1.29, 1.82) is 0 Å². The summed E-state index contributed by atoms with van der Waals surface area (Å²) in [5, 5.41) is 1.18. The van der Waals surface area contributed by atoms with Crippen LogP contribution in [0.1, 0.15) is 5.56 Å². The van der Waals surface area contributed by atoms with Gasteiger partial charge in [-0.2, -0.15) is 0 Å². The number of hydrogen-bond donors (Lipinski definition) is 1. The molecule has 1 N–H and O–H groups in total. The van der Waals surface area contributed by atoms with E-state index >= 15 is 0 Å². The molecule has 3 aromatic rings. The molecule has 4 nitrogen and oxygen atoms in total.